The fraction of sp³-hybridized carbons (Fsp3) is 0.778. The standard InChI is InChI=1S/C9H15ClN2O3/c1-9(2,3)15-8(14)11-6-4-12(5-6)7(10)13/h6H,4-5H2,1-3H3,(H,11,14). The summed E-state index contributed by atoms with van der Waals surface area (Å²) in [7, 11) is 0. The lowest BCUT2D eigenvalue weighted by Crippen LogP contribution is -2.60. The maximum absolute atomic E-state index is 11.3. The second-order valence-corrected chi connectivity index (χ2v) is 4.82. The van der Waals surface area contributed by atoms with Gasteiger partial charge in [-0.05, 0) is 32.4 Å². The van der Waals surface area contributed by atoms with Gasteiger partial charge in [-0.25, -0.2) is 4.79 Å². The molecular weight excluding hydrogens is 220 g/mol. The number of carbonyl (C=O) groups excluding carboxylic acids is 2. The van der Waals surface area contributed by atoms with Crippen molar-refractivity contribution < 1.29 is 14.3 Å². The Labute approximate surface area is 93.7 Å². The van der Waals surface area contributed by atoms with Crippen LogP contribution in [-0.4, -0.2) is 41.1 Å². The SMILES string of the molecule is CC(C)(C)OC(=O)NC1CN(C(=O)Cl)C1. The number of rotatable bonds is 1. The molecule has 0 radical (unpaired) electrons. The van der Waals surface area contributed by atoms with Gasteiger partial charge < -0.3 is 15.0 Å². The maximum atomic E-state index is 11.3. The van der Waals surface area contributed by atoms with E-state index in [1.807, 2.05) is 0 Å². The summed E-state index contributed by atoms with van der Waals surface area (Å²) in [6.45, 7) is 6.27. The number of nitrogens with one attached hydrogen (secondary N) is 1. The largest absolute Gasteiger partial charge is 0.444 e. The Morgan fingerprint density at radius 2 is 1.93 bits per heavy atom. The molecule has 0 aromatic heterocycles. The molecule has 5 nitrogen and oxygen atoms in total. The molecular formula is C9H15ClN2O3. The highest BCUT2D eigenvalue weighted by Crippen LogP contribution is 2.12. The van der Waals surface area contributed by atoms with E-state index in [0.717, 1.165) is 0 Å². The highest BCUT2D eigenvalue weighted by Gasteiger charge is 2.31. The molecule has 15 heavy (non-hydrogen) atoms. The Hall–Kier alpha value is -0.970. The quantitative estimate of drug-likeness (QED) is 0.553. The molecule has 6 heteroatoms. The van der Waals surface area contributed by atoms with Gasteiger partial charge in [-0.2, -0.15) is 0 Å². The first kappa shape index (κ1) is 12.1. The zero-order chi connectivity index (χ0) is 11.6. The summed E-state index contributed by atoms with van der Waals surface area (Å²) in [6, 6.07) is -0.0532. The van der Waals surface area contributed by atoms with Crippen LogP contribution in [0.3, 0.4) is 0 Å². The summed E-state index contributed by atoms with van der Waals surface area (Å²) < 4.78 is 5.05. The third-order valence-electron chi connectivity index (χ3n) is 1.85. The summed E-state index contributed by atoms with van der Waals surface area (Å²) in [5.41, 5.74) is -0.504. The Bertz CT molecular complexity index is 269. The Kier molecular flexibility index (Phi) is 3.44. The molecule has 0 unspecified atom stereocenters. The van der Waals surface area contributed by atoms with E-state index in [0.29, 0.717) is 13.1 Å². The number of hydrogen-bond acceptors (Lipinski definition) is 3. The molecule has 0 saturated carbocycles. The minimum Gasteiger partial charge on any atom is -0.444 e. The van der Waals surface area contributed by atoms with Crippen molar-refractivity contribution in [1.29, 1.82) is 0 Å². The lowest BCUT2D eigenvalue weighted by Gasteiger charge is -2.38. The average molecular weight is 235 g/mol. The smallest absolute Gasteiger partial charge is 0.407 e. The zero-order valence-corrected chi connectivity index (χ0v) is 9.80. The van der Waals surface area contributed by atoms with Crippen LogP contribution in [0.15, 0.2) is 0 Å². The second-order valence-electron chi connectivity index (χ2n) is 4.50. The molecule has 2 amide bonds. The van der Waals surface area contributed by atoms with Gasteiger partial charge in [0.15, 0.2) is 0 Å². The van der Waals surface area contributed by atoms with E-state index in [2.05, 4.69) is 5.32 Å². The molecule has 1 rings (SSSR count). The van der Waals surface area contributed by atoms with Gasteiger partial charge in [0.25, 0.3) is 0 Å². The predicted octanol–water partition coefficient (Wildman–Crippen LogP) is 1.55. The van der Waals surface area contributed by atoms with Crippen molar-refractivity contribution in [2.45, 2.75) is 32.4 Å². The molecule has 1 fully saturated rings. The molecule has 1 aliphatic heterocycles. The number of alkyl carbamates (subject to hydrolysis) is 1. The van der Waals surface area contributed by atoms with E-state index in [-0.39, 0.29) is 6.04 Å². The molecule has 0 aromatic carbocycles. The first-order valence-electron chi connectivity index (χ1n) is 4.72. The van der Waals surface area contributed by atoms with Crippen molar-refractivity contribution in [3.63, 3.8) is 0 Å². The Morgan fingerprint density at radius 3 is 2.33 bits per heavy atom. The van der Waals surface area contributed by atoms with Crippen molar-refractivity contribution in [1.82, 2.24) is 10.2 Å². The molecule has 86 valence electrons. The van der Waals surface area contributed by atoms with Crippen LogP contribution in [0.1, 0.15) is 20.8 Å². The maximum Gasteiger partial charge on any atom is 0.407 e. The molecule has 0 aliphatic carbocycles. The number of nitrogens with zero attached hydrogens (tertiary/aromatic N) is 1. The lowest BCUT2D eigenvalue weighted by molar-refractivity contribution is 0.0442. The summed E-state index contributed by atoms with van der Waals surface area (Å²) in [6.07, 6.45) is -0.464. The predicted molar refractivity (Wildman–Crippen MR) is 56.0 cm³/mol. The number of halogens is 1. The first-order chi connectivity index (χ1) is 6.78. The highest BCUT2D eigenvalue weighted by molar-refractivity contribution is 6.62. The monoisotopic (exact) mass is 234 g/mol. The van der Waals surface area contributed by atoms with Crippen molar-refractivity contribution in [2.75, 3.05) is 13.1 Å². The summed E-state index contributed by atoms with van der Waals surface area (Å²) in [4.78, 5) is 23.3. The van der Waals surface area contributed by atoms with Crippen molar-refractivity contribution in [3.8, 4) is 0 Å². The van der Waals surface area contributed by atoms with Crippen LogP contribution in [0.4, 0.5) is 9.59 Å². The Morgan fingerprint density at radius 1 is 1.40 bits per heavy atom. The number of likely N-dealkylation sites (tertiary alicyclic amines) is 1. The topological polar surface area (TPSA) is 58.6 Å². The van der Waals surface area contributed by atoms with Crippen LogP contribution >= 0.6 is 11.6 Å². The minimum absolute atomic E-state index is 0.0532. The highest BCUT2D eigenvalue weighted by atomic mass is 35.5. The van der Waals surface area contributed by atoms with E-state index in [4.69, 9.17) is 16.3 Å². The van der Waals surface area contributed by atoms with Crippen LogP contribution < -0.4 is 5.32 Å². The van der Waals surface area contributed by atoms with Crippen molar-refractivity contribution >= 4 is 23.1 Å². The third-order valence-corrected chi connectivity index (χ3v) is 2.09. The number of amides is 2. The van der Waals surface area contributed by atoms with E-state index >= 15 is 0 Å². The minimum atomic E-state index is -0.504. The molecule has 0 spiro atoms. The number of ether oxygens (including phenoxy) is 1. The number of hydrogen-bond donors (Lipinski definition) is 1. The van der Waals surface area contributed by atoms with E-state index in [1.54, 1.807) is 20.8 Å². The van der Waals surface area contributed by atoms with E-state index < -0.39 is 17.1 Å². The van der Waals surface area contributed by atoms with Crippen LogP contribution in [0, 0.1) is 0 Å². The summed E-state index contributed by atoms with van der Waals surface area (Å²) in [5, 5.41) is 2.16. The van der Waals surface area contributed by atoms with Gasteiger partial charge in [0.2, 0.25) is 0 Å². The fourth-order valence-electron chi connectivity index (χ4n) is 1.19. The van der Waals surface area contributed by atoms with Crippen molar-refractivity contribution in [2.24, 2.45) is 0 Å². The molecule has 0 bridgehead atoms. The van der Waals surface area contributed by atoms with Gasteiger partial charge in [-0.3, -0.25) is 4.79 Å². The van der Waals surface area contributed by atoms with Crippen molar-refractivity contribution in [3.05, 3.63) is 0 Å². The molecule has 1 aliphatic rings. The average Bonchev–Trinajstić information content (AvgIpc) is 1.91. The lowest BCUT2D eigenvalue weighted by atomic mass is 10.1. The van der Waals surface area contributed by atoms with Gasteiger partial charge >= 0.3 is 11.5 Å². The van der Waals surface area contributed by atoms with Gasteiger partial charge in [0.1, 0.15) is 5.60 Å². The Balaban J connectivity index is 2.22. The van der Waals surface area contributed by atoms with Gasteiger partial charge in [-0.15, -0.1) is 0 Å². The molecule has 0 atom stereocenters. The first-order valence-corrected chi connectivity index (χ1v) is 5.09. The summed E-state index contributed by atoms with van der Waals surface area (Å²) >= 11 is 5.23. The van der Waals surface area contributed by atoms with E-state index in [9.17, 15) is 9.59 Å². The number of carbonyl (C=O) groups is 2. The van der Waals surface area contributed by atoms with Gasteiger partial charge in [0, 0.05) is 13.1 Å². The molecule has 1 heterocycles. The third kappa shape index (κ3) is 3.95. The van der Waals surface area contributed by atoms with E-state index in [1.165, 1.54) is 4.90 Å². The fourth-order valence-corrected chi connectivity index (χ4v) is 1.33. The van der Waals surface area contributed by atoms with Crippen LogP contribution in [0.2, 0.25) is 0 Å². The molecule has 0 aromatic rings. The second kappa shape index (κ2) is 4.26. The van der Waals surface area contributed by atoms with Crippen LogP contribution in [0.5, 0.6) is 0 Å². The van der Waals surface area contributed by atoms with Crippen LogP contribution in [0.25, 0.3) is 0 Å². The van der Waals surface area contributed by atoms with Gasteiger partial charge in [-0.1, -0.05) is 0 Å². The molecule has 1 N–H and O–H groups in total. The van der Waals surface area contributed by atoms with Crippen LogP contribution in [-0.2, 0) is 4.74 Å². The summed E-state index contributed by atoms with van der Waals surface area (Å²) in [5.74, 6) is 0. The normalized spacial score (nSPS) is 16.9. The molecule has 1 saturated heterocycles. The zero-order valence-electron chi connectivity index (χ0n) is 9.04. The van der Waals surface area contributed by atoms with Gasteiger partial charge in [0.05, 0.1) is 6.04 Å².